The third-order valence-electron chi connectivity index (χ3n) is 6.93. The lowest BCUT2D eigenvalue weighted by atomic mass is 9.82. The molecule has 4 rings (SSSR count). The van der Waals surface area contributed by atoms with Gasteiger partial charge in [0.05, 0.1) is 18.3 Å². The summed E-state index contributed by atoms with van der Waals surface area (Å²) >= 11 is 0. The van der Waals surface area contributed by atoms with Crippen LogP contribution in [0.1, 0.15) is 76.4 Å². The second-order valence-corrected chi connectivity index (χ2v) is 8.90. The molecule has 3 aliphatic rings. The standard InChI is InChI=1S/C21H30N6O2/c1-15(28)26-11-7-17(8-12-26)20(29)23-19(16-5-3-2-4-6-16)18-13-27(25-24-18)21(14-22)9-10-21/h13,16-17,19H,2-12H2,1H3,(H,23,29). The van der Waals surface area contributed by atoms with E-state index in [4.69, 9.17) is 0 Å². The molecule has 1 saturated heterocycles. The van der Waals surface area contributed by atoms with Crippen LogP contribution in [0.2, 0.25) is 0 Å². The van der Waals surface area contributed by atoms with Gasteiger partial charge < -0.3 is 10.2 Å². The Labute approximate surface area is 171 Å². The summed E-state index contributed by atoms with van der Waals surface area (Å²) in [4.78, 5) is 26.4. The number of aromatic nitrogens is 3. The van der Waals surface area contributed by atoms with E-state index in [1.807, 2.05) is 11.1 Å². The highest BCUT2D eigenvalue weighted by atomic mass is 16.2. The van der Waals surface area contributed by atoms with Gasteiger partial charge in [-0.15, -0.1) is 5.10 Å². The van der Waals surface area contributed by atoms with Crippen molar-refractivity contribution < 1.29 is 9.59 Å². The van der Waals surface area contributed by atoms with Crippen molar-refractivity contribution >= 4 is 11.8 Å². The summed E-state index contributed by atoms with van der Waals surface area (Å²) in [6.07, 6.45) is 10.6. The molecule has 3 fully saturated rings. The summed E-state index contributed by atoms with van der Waals surface area (Å²) in [6, 6.07) is 2.19. The number of nitrogens with one attached hydrogen (secondary N) is 1. The van der Waals surface area contributed by atoms with Crippen LogP contribution in [0.4, 0.5) is 0 Å². The fraction of sp³-hybridized carbons (Fsp3) is 0.762. The van der Waals surface area contributed by atoms with Gasteiger partial charge in [0.25, 0.3) is 0 Å². The number of amides is 2. The Hall–Kier alpha value is -2.43. The van der Waals surface area contributed by atoms with Crippen LogP contribution >= 0.6 is 0 Å². The second kappa shape index (κ2) is 8.13. The number of carbonyl (C=O) groups excluding carboxylic acids is 2. The first-order valence-electron chi connectivity index (χ1n) is 10.9. The largest absolute Gasteiger partial charge is 0.347 e. The van der Waals surface area contributed by atoms with Gasteiger partial charge in [-0.3, -0.25) is 9.59 Å². The van der Waals surface area contributed by atoms with Crippen LogP contribution in [-0.4, -0.2) is 44.8 Å². The van der Waals surface area contributed by atoms with Crippen LogP contribution in [0.25, 0.3) is 0 Å². The molecule has 2 amide bonds. The van der Waals surface area contributed by atoms with Crippen LogP contribution in [0.5, 0.6) is 0 Å². The molecular formula is C21H30N6O2. The van der Waals surface area contributed by atoms with Crippen molar-refractivity contribution in [3.8, 4) is 6.07 Å². The van der Waals surface area contributed by atoms with E-state index < -0.39 is 5.54 Å². The monoisotopic (exact) mass is 398 g/mol. The van der Waals surface area contributed by atoms with Gasteiger partial charge >= 0.3 is 0 Å². The minimum absolute atomic E-state index is 0.0553. The molecule has 1 atom stereocenters. The zero-order chi connectivity index (χ0) is 20.4. The number of piperidine rings is 1. The van der Waals surface area contributed by atoms with E-state index in [1.165, 1.54) is 19.3 Å². The first-order valence-corrected chi connectivity index (χ1v) is 10.9. The zero-order valence-electron chi connectivity index (χ0n) is 17.1. The minimum atomic E-state index is -0.536. The van der Waals surface area contributed by atoms with Gasteiger partial charge in [0.15, 0.2) is 5.54 Å². The maximum Gasteiger partial charge on any atom is 0.223 e. The van der Waals surface area contributed by atoms with Crippen LogP contribution < -0.4 is 5.32 Å². The maximum absolute atomic E-state index is 13.1. The number of nitriles is 1. The number of carbonyl (C=O) groups is 2. The molecule has 2 aliphatic carbocycles. The lowest BCUT2D eigenvalue weighted by Crippen LogP contribution is -2.44. The molecular weight excluding hydrogens is 368 g/mol. The maximum atomic E-state index is 13.1. The molecule has 156 valence electrons. The van der Waals surface area contributed by atoms with Gasteiger partial charge in [-0.1, -0.05) is 24.5 Å². The summed E-state index contributed by atoms with van der Waals surface area (Å²) in [7, 11) is 0. The molecule has 2 heterocycles. The average Bonchev–Trinajstić information content (AvgIpc) is 3.41. The second-order valence-electron chi connectivity index (χ2n) is 8.90. The molecule has 1 N–H and O–H groups in total. The molecule has 1 aromatic rings. The Balaban J connectivity index is 1.47. The Morgan fingerprint density at radius 3 is 2.48 bits per heavy atom. The molecule has 29 heavy (non-hydrogen) atoms. The topological polar surface area (TPSA) is 104 Å². The number of hydrogen-bond donors (Lipinski definition) is 1. The number of nitrogens with zero attached hydrogens (tertiary/aromatic N) is 5. The van der Waals surface area contributed by atoms with Crippen molar-refractivity contribution in [2.75, 3.05) is 13.1 Å². The number of rotatable bonds is 5. The summed E-state index contributed by atoms with van der Waals surface area (Å²) in [5.74, 6) is 0.416. The summed E-state index contributed by atoms with van der Waals surface area (Å²) in [5, 5.41) is 21.3. The van der Waals surface area contributed by atoms with E-state index in [1.54, 1.807) is 11.6 Å². The van der Waals surface area contributed by atoms with Crippen molar-refractivity contribution in [1.29, 1.82) is 5.26 Å². The zero-order valence-corrected chi connectivity index (χ0v) is 17.1. The number of hydrogen-bond acceptors (Lipinski definition) is 5. The van der Waals surface area contributed by atoms with E-state index in [2.05, 4.69) is 21.7 Å². The molecule has 1 aromatic heterocycles. The van der Waals surface area contributed by atoms with E-state index in [0.717, 1.165) is 31.4 Å². The fourth-order valence-electron chi connectivity index (χ4n) is 4.77. The lowest BCUT2D eigenvalue weighted by Gasteiger charge is -2.34. The van der Waals surface area contributed by atoms with Crippen molar-refractivity contribution in [3.63, 3.8) is 0 Å². The van der Waals surface area contributed by atoms with Crippen LogP contribution in [0, 0.1) is 23.2 Å². The molecule has 0 spiro atoms. The minimum Gasteiger partial charge on any atom is -0.347 e. The van der Waals surface area contributed by atoms with Crippen LogP contribution in [0.15, 0.2) is 6.20 Å². The normalized spacial score (nSPS) is 23.2. The van der Waals surface area contributed by atoms with Gasteiger partial charge in [-0.05, 0) is 44.4 Å². The molecule has 1 aliphatic heterocycles. The summed E-state index contributed by atoms with van der Waals surface area (Å²) in [5.41, 5.74) is 0.235. The quantitative estimate of drug-likeness (QED) is 0.819. The van der Waals surface area contributed by atoms with E-state index >= 15 is 0 Å². The molecule has 8 nitrogen and oxygen atoms in total. The number of likely N-dealkylation sites (tertiary alicyclic amines) is 1. The van der Waals surface area contributed by atoms with Gasteiger partial charge in [0.1, 0.15) is 5.69 Å². The third-order valence-corrected chi connectivity index (χ3v) is 6.93. The molecule has 8 heteroatoms. The van der Waals surface area contributed by atoms with E-state index in [-0.39, 0.29) is 23.8 Å². The molecule has 1 unspecified atom stereocenters. The van der Waals surface area contributed by atoms with Crippen LogP contribution in [-0.2, 0) is 15.1 Å². The predicted molar refractivity (Wildman–Crippen MR) is 105 cm³/mol. The highest BCUT2D eigenvalue weighted by Crippen LogP contribution is 2.43. The molecule has 2 saturated carbocycles. The lowest BCUT2D eigenvalue weighted by molar-refractivity contribution is -0.134. The van der Waals surface area contributed by atoms with Gasteiger partial charge in [-0.25, -0.2) is 4.68 Å². The van der Waals surface area contributed by atoms with E-state index in [0.29, 0.717) is 31.8 Å². The van der Waals surface area contributed by atoms with Crippen molar-refractivity contribution in [3.05, 3.63) is 11.9 Å². The summed E-state index contributed by atoms with van der Waals surface area (Å²) < 4.78 is 1.69. The van der Waals surface area contributed by atoms with Gasteiger partial charge in [0.2, 0.25) is 11.8 Å². The Morgan fingerprint density at radius 1 is 1.21 bits per heavy atom. The van der Waals surface area contributed by atoms with Crippen molar-refractivity contribution in [2.24, 2.45) is 11.8 Å². The van der Waals surface area contributed by atoms with Crippen molar-refractivity contribution in [2.45, 2.75) is 76.3 Å². The Kier molecular flexibility index (Phi) is 5.57. The fourth-order valence-corrected chi connectivity index (χ4v) is 4.77. The Morgan fingerprint density at radius 2 is 1.90 bits per heavy atom. The molecule has 0 radical (unpaired) electrons. The first kappa shape index (κ1) is 19.9. The van der Waals surface area contributed by atoms with Gasteiger partial charge in [0, 0.05) is 25.9 Å². The predicted octanol–water partition coefficient (Wildman–Crippen LogP) is 2.29. The van der Waals surface area contributed by atoms with Crippen LogP contribution in [0.3, 0.4) is 0 Å². The SMILES string of the molecule is CC(=O)N1CCC(C(=O)NC(c2cn(C3(C#N)CC3)nn2)C2CCCCC2)CC1. The molecule has 0 bridgehead atoms. The van der Waals surface area contributed by atoms with E-state index in [9.17, 15) is 14.9 Å². The third kappa shape index (κ3) is 4.14. The molecule has 0 aromatic carbocycles. The van der Waals surface area contributed by atoms with Crippen molar-refractivity contribution in [1.82, 2.24) is 25.2 Å². The highest BCUT2D eigenvalue weighted by molar-refractivity contribution is 5.80. The van der Waals surface area contributed by atoms with Gasteiger partial charge in [-0.2, -0.15) is 5.26 Å². The highest BCUT2D eigenvalue weighted by Gasteiger charge is 2.47. The summed E-state index contributed by atoms with van der Waals surface area (Å²) in [6.45, 7) is 2.86. The smallest absolute Gasteiger partial charge is 0.223 e. The average molecular weight is 399 g/mol. The Bertz CT molecular complexity index is 794. The first-order chi connectivity index (χ1) is 14.0.